The molecule has 1 amide bonds. The highest BCUT2D eigenvalue weighted by Gasteiger charge is 2.29. The van der Waals surface area contributed by atoms with E-state index in [0.29, 0.717) is 0 Å². The zero-order chi connectivity index (χ0) is 14.5. The maximum absolute atomic E-state index is 11.6. The summed E-state index contributed by atoms with van der Waals surface area (Å²) in [5.41, 5.74) is 7.06. The van der Waals surface area contributed by atoms with E-state index in [2.05, 4.69) is 23.4 Å². The van der Waals surface area contributed by atoms with E-state index in [0.717, 1.165) is 43.7 Å². The second-order valence-electron chi connectivity index (χ2n) is 5.38. The zero-order valence-electron chi connectivity index (χ0n) is 12.5. The average Bonchev–Trinajstić information content (AvgIpc) is 2.65. The molecule has 1 unspecified atom stereocenters. The van der Waals surface area contributed by atoms with Crippen LogP contribution >= 0.6 is 0 Å². The summed E-state index contributed by atoms with van der Waals surface area (Å²) >= 11 is 0. The Morgan fingerprint density at radius 3 is 2.68 bits per heavy atom. The number of aryl methyl sites for hydroxylation is 3. The van der Waals surface area contributed by atoms with Crippen LogP contribution in [0.2, 0.25) is 0 Å². The Kier molecular flexibility index (Phi) is 5.54. The molecule has 5 nitrogen and oxygen atoms in total. The summed E-state index contributed by atoms with van der Waals surface area (Å²) in [6.07, 6.45) is 2.58. The maximum Gasteiger partial charge on any atom is 0.237 e. The highest BCUT2D eigenvalue weighted by Crippen LogP contribution is 2.14. The third-order valence-corrected chi connectivity index (χ3v) is 3.46. The molecule has 0 aromatic carbocycles. The number of hydrogen-bond donors (Lipinski definition) is 2. The predicted octanol–water partition coefficient (Wildman–Crippen LogP) is 1.52. The second-order valence-corrected chi connectivity index (χ2v) is 5.38. The molecule has 0 fully saturated rings. The number of nitrogens with two attached hydrogens (primary N) is 1. The molecule has 0 bridgehead atoms. The van der Waals surface area contributed by atoms with Crippen molar-refractivity contribution < 1.29 is 4.79 Å². The minimum Gasteiger partial charge on any atom is -0.368 e. The summed E-state index contributed by atoms with van der Waals surface area (Å²) in [4.78, 5) is 11.6. The molecule has 0 saturated carbocycles. The molecule has 19 heavy (non-hydrogen) atoms. The molecular weight excluding hydrogens is 240 g/mol. The number of nitrogens with one attached hydrogen (secondary N) is 1. The normalized spacial score (nSPS) is 14.3. The number of hydrogen-bond acceptors (Lipinski definition) is 3. The van der Waals surface area contributed by atoms with Gasteiger partial charge < -0.3 is 11.1 Å². The van der Waals surface area contributed by atoms with Crippen molar-refractivity contribution in [2.24, 2.45) is 5.73 Å². The Hall–Kier alpha value is -1.36. The Bertz CT molecular complexity index is 427. The maximum atomic E-state index is 11.6. The van der Waals surface area contributed by atoms with Gasteiger partial charge in [0, 0.05) is 12.2 Å². The van der Waals surface area contributed by atoms with E-state index in [-0.39, 0.29) is 5.91 Å². The van der Waals surface area contributed by atoms with E-state index < -0.39 is 5.54 Å². The van der Waals surface area contributed by atoms with Gasteiger partial charge in [0.05, 0.1) is 11.2 Å². The molecular formula is C14H26N4O. The first-order chi connectivity index (χ1) is 8.89. The van der Waals surface area contributed by atoms with Crippen molar-refractivity contribution in [1.29, 1.82) is 0 Å². The molecule has 0 aliphatic carbocycles. The van der Waals surface area contributed by atoms with Crippen molar-refractivity contribution in [1.82, 2.24) is 15.1 Å². The third-order valence-electron chi connectivity index (χ3n) is 3.46. The van der Waals surface area contributed by atoms with Gasteiger partial charge in [0.2, 0.25) is 5.91 Å². The number of carbonyl (C=O) groups excluding carboxylic acids is 1. The predicted molar refractivity (Wildman–Crippen MR) is 76.8 cm³/mol. The van der Waals surface area contributed by atoms with Crippen LogP contribution in [-0.4, -0.2) is 27.8 Å². The summed E-state index contributed by atoms with van der Waals surface area (Å²) < 4.78 is 1.98. The van der Waals surface area contributed by atoms with Gasteiger partial charge in [-0.1, -0.05) is 6.92 Å². The molecule has 0 aliphatic rings. The van der Waals surface area contributed by atoms with Gasteiger partial charge in [-0.25, -0.2) is 0 Å². The van der Waals surface area contributed by atoms with Gasteiger partial charge in [0.15, 0.2) is 0 Å². The van der Waals surface area contributed by atoms with Crippen LogP contribution in [0.25, 0.3) is 0 Å². The van der Waals surface area contributed by atoms with Crippen LogP contribution in [0.15, 0.2) is 6.07 Å². The molecule has 0 saturated heterocycles. The minimum atomic E-state index is -0.619. The van der Waals surface area contributed by atoms with Crippen LogP contribution in [0, 0.1) is 13.8 Å². The molecule has 3 N–H and O–H groups in total. The molecule has 0 radical (unpaired) electrons. The largest absolute Gasteiger partial charge is 0.368 e. The Morgan fingerprint density at radius 1 is 1.53 bits per heavy atom. The second kappa shape index (κ2) is 6.70. The fourth-order valence-corrected chi connectivity index (χ4v) is 2.18. The van der Waals surface area contributed by atoms with Gasteiger partial charge in [-0.15, -0.1) is 0 Å². The van der Waals surface area contributed by atoms with E-state index in [1.54, 1.807) is 0 Å². The van der Waals surface area contributed by atoms with Crippen LogP contribution in [0.5, 0.6) is 0 Å². The van der Waals surface area contributed by atoms with E-state index in [1.165, 1.54) is 0 Å². The summed E-state index contributed by atoms with van der Waals surface area (Å²) in [7, 11) is 0. The topological polar surface area (TPSA) is 72.9 Å². The lowest BCUT2D eigenvalue weighted by Gasteiger charge is -2.27. The molecule has 1 rings (SSSR count). The highest BCUT2D eigenvalue weighted by atomic mass is 16.1. The lowest BCUT2D eigenvalue weighted by Crippen LogP contribution is -2.53. The van der Waals surface area contributed by atoms with Gasteiger partial charge in [0.1, 0.15) is 0 Å². The monoisotopic (exact) mass is 266 g/mol. The molecule has 1 aromatic heterocycles. The number of nitrogens with zero attached hydrogens (tertiary/aromatic N) is 2. The van der Waals surface area contributed by atoms with Gasteiger partial charge in [-0.05, 0) is 52.6 Å². The molecule has 1 aromatic rings. The van der Waals surface area contributed by atoms with E-state index >= 15 is 0 Å². The van der Waals surface area contributed by atoms with Crippen molar-refractivity contribution in [3.63, 3.8) is 0 Å². The molecule has 108 valence electrons. The van der Waals surface area contributed by atoms with Gasteiger partial charge in [-0.2, -0.15) is 5.10 Å². The first-order valence-electron chi connectivity index (χ1n) is 6.95. The number of carbonyl (C=O) groups is 1. The zero-order valence-corrected chi connectivity index (χ0v) is 12.5. The van der Waals surface area contributed by atoms with Crippen molar-refractivity contribution in [3.05, 3.63) is 17.5 Å². The van der Waals surface area contributed by atoms with Crippen LogP contribution < -0.4 is 11.1 Å². The van der Waals surface area contributed by atoms with Crippen LogP contribution in [0.4, 0.5) is 0 Å². The Labute approximate surface area is 115 Å². The molecule has 5 heteroatoms. The standard InChI is InChI=1S/C14H26N4O/c1-5-8-16-14(4,13(15)19)7-6-9-18-12(3)10-11(2)17-18/h10,16H,5-9H2,1-4H3,(H2,15,19). The quantitative estimate of drug-likeness (QED) is 0.749. The molecule has 1 heterocycles. The van der Waals surface area contributed by atoms with Gasteiger partial charge in [0.25, 0.3) is 0 Å². The SMILES string of the molecule is CCCNC(C)(CCCn1nc(C)cc1C)C(N)=O. The van der Waals surface area contributed by atoms with Gasteiger partial charge >= 0.3 is 0 Å². The van der Waals surface area contributed by atoms with E-state index in [4.69, 9.17) is 5.73 Å². The smallest absolute Gasteiger partial charge is 0.237 e. The van der Waals surface area contributed by atoms with E-state index in [9.17, 15) is 4.79 Å². The van der Waals surface area contributed by atoms with Crippen molar-refractivity contribution >= 4 is 5.91 Å². The molecule has 0 aliphatic heterocycles. The summed E-state index contributed by atoms with van der Waals surface area (Å²) in [6.45, 7) is 9.61. The molecule has 0 spiro atoms. The number of amides is 1. The Morgan fingerprint density at radius 2 is 2.21 bits per heavy atom. The van der Waals surface area contributed by atoms with Gasteiger partial charge in [-0.3, -0.25) is 9.48 Å². The third kappa shape index (κ3) is 4.35. The minimum absolute atomic E-state index is 0.283. The number of primary amides is 1. The summed E-state index contributed by atoms with van der Waals surface area (Å²) in [5.74, 6) is -0.283. The van der Waals surface area contributed by atoms with Crippen molar-refractivity contribution in [2.45, 2.75) is 59.0 Å². The fourth-order valence-electron chi connectivity index (χ4n) is 2.18. The number of aromatic nitrogens is 2. The van der Waals surface area contributed by atoms with E-state index in [1.807, 2.05) is 25.5 Å². The summed E-state index contributed by atoms with van der Waals surface area (Å²) in [5, 5.41) is 7.66. The lowest BCUT2D eigenvalue weighted by molar-refractivity contribution is -0.124. The Balaban J connectivity index is 2.53. The lowest BCUT2D eigenvalue weighted by atomic mass is 9.94. The van der Waals surface area contributed by atoms with Crippen LogP contribution in [-0.2, 0) is 11.3 Å². The van der Waals surface area contributed by atoms with Crippen molar-refractivity contribution in [3.8, 4) is 0 Å². The van der Waals surface area contributed by atoms with Crippen LogP contribution in [0.3, 0.4) is 0 Å². The van der Waals surface area contributed by atoms with Crippen molar-refractivity contribution in [2.75, 3.05) is 6.54 Å². The fraction of sp³-hybridized carbons (Fsp3) is 0.714. The molecule has 1 atom stereocenters. The number of rotatable bonds is 8. The van der Waals surface area contributed by atoms with Crippen LogP contribution in [0.1, 0.15) is 44.5 Å². The first-order valence-corrected chi connectivity index (χ1v) is 6.95. The average molecular weight is 266 g/mol. The summed E-state index contributed by atoms with van der Waals surface area (Å²) in [6, 6.07) is 2.06. The highest BCUT2D eigenvalue weighted by molar-refractivity contribution is 5.84. The first kappa shape index (κ1) is 15.7.